The number of carbonyl (C=O) groups is 2. The number of alkyl halides is 3. The van der Waals surface area contributed by atoms with E-state index >= 15 is 0 Å². The number of ether oxygens (including phenoxy) is 1. The molecule has 4 N–H and O–H groups in total. The highest BCUT2D eigenvalue weighted by Crippen LogP contribution is 2.35. The Morgan fingerprint density at radius 1 is 0.795 bits per heavy atom. The number of halogens is 3. The van der Waals surface area contributed by atoms with Gasteiger partial charge in [-0.3, -0.25) is 9.59 Å². The van der Waals surface area contributed by atoms with Crippen LogP contribution in [0.4, 0.5) is 18.9 Å². The first kappa shape index (κ1) is 32.2. The third-order valence-electron chi connectivity index (χ3n) is 6.63. The number of sulfonamides is 1. The van der Waals surface area contributed by atoms with E-state index in [0.717, 1.165) is 17.7 Å². The molecule has 0 aliphatic carbocycles. The summed E-state index contributed by atoms with van der Waals surface area (Å²) in [6.07, 6.45) is -4.75. The minimum absolute atomic E-state index is 0.153. The molecule has 230 valence electrons. The van der Waals surface area contributed by atoms with E-state index in [2.05, 4.69) is 10.0 Å². The maximum Gasteiger partial charge on any atom is 0.418 e. The minimum atomic E-state index is -4.89. The summed E-state index contributed by atoms with van der Waals surface area (Å²) >= 11 is 0. The quantitative estimate of drug-likeness (QED) is 0.154. The van der Waals surface area contributed by atoms with Crippen LogP contribution in [0, 0.1) is 0 Å². The Labute approximate surface area is 253 Å². The molecule has 2 atom stereocenters. The van der Waals surface area contributed by atoms with Crippen LogP contribution >= 0.6 is 0 Å². The number of hydrogen-bond donors (Lipinski definition) is 3. The summed E-state index contributed by atoms with van der Waals surface area (Å²) in [5, 5.41) is 2.85. The summed E-state index contributed by atoms with van der Waals surface area (Å²) in [5.41, 5.74) is 5.29. The molecule has 1 amide bonds. The molecule has 0 aliphatic heterocycles. The highest BCUT2D eigenvalue weighted by molar-refractivity contribution is 7.89. The lowest BCUT2D eigenvalue weighted by Crippen LogP contribution is -2.46. The van der Waals surface area contributed by atoms with Gasteiger partial charge in [0.1, 0.15) is 12.6 Å². The Kier molecular flexibility index (Phi) is 10.4. The van der Waals surface area contributed by atoms with Crippen LogP contribution in [0.1, 0.15) is 27.0 Å². The average molecular weight is 626 g/mol. The Bertz CT molecular complexity index is 1670. The van der Waals surface area contributed by atoms with Gasteiger partial charge in [0.25, 0.3) is 5.91 Å². The summed E-state index contributed by atoms with van der Waals surface area (Å²) in [7, 11) is -4.64. The van der Waals surface area contributed by atoms with Crippen molar-refractivity contribution in [2.24, 2.45) is 0 Å². The van der Waals surface area contributed by atoms with Gasteiger partial charge in [0, 0.05) is 11.3 Å². The SMILES string of the molecule is Nc1ccc(S(=O)(=O)N[C@@H](Cc2ccccc2)C(=O)OC[C@@H](Cc2ccccc2)NC(=O)c2ccccc2)cc1C(F)(F)F. The summed E-state index contributed by atoms with van der Waals surface area (Å²) in [6, 6.07) is 26.0. The molecule has 0 spiro atoms. The van der Waals surface area contributed by atoms with Crippen LogP contribution < -0.4 is 15.8 Å². The summed E-state index contributed by atoms with van der Waals surface area (Å²) in [5.74, 6) is -1.37. The molecule has 4 aromatic rings. The summed E-state index contributed by atoms with van der Waals surface area (Å²) in [6.45, 7) is -0.306. The van der Waals surface area contributed by atoms with E-state index in [-0.39, 0.29) is 13.0 Å². The van der Waals surface area contributed by atoms with Crippen molar-refractivity contribution in [3.63, 3.8) is 0 Å². The smallest absolute Gasteiger partial charge is 0.418 e. The highest BCUT2D eigenvalue weighted by atomic mass is 32.2. The second-order valence-electron chi connectivity index (χ2n) is 9.97. The molecular formula is C32H30F3N3O5S. The van der Waals surface area contributed by atoms with Gasteiger partial charge in [-0.1, -0.05) is 78.9 Å². The molecule has 0 saturated heterocycles. The number of nitrogens with two attached hydrogens (primary N) is 1. The maximum absolute atomic E-state index is 13.4. The third-order valence-corrected chi connectivity index (χ3v) is 8.10. The minimum Gasteiger partial charge on any atom is -0.462 e. The predicted molar refractivity (Wildman–Crippen MR) is 159 cm³/mol. The molecule has 0 aliphatic rings. The first-order chi connectivity index (χ1) is 20.9. The lowest BCUT2D eigenvalue weighted by atomic mass is 10.1. The van der Waals surface area contributed by atoms with Crippen molar-refractivity contribution in [2.45, 2.75) is 36.0 Å². The zero-order valence-corrected chi connectivity index (χ0v) is 24.1. The first-order valence-electron chi connectivity index (χ1n) is 13.5. The Morgan fingerprint density at radius 3 is 1.91 bits per heavy atom. The van der Waals surface area contributed by atoms with Crippen LogP contribution in [0.15, 0.2) is 114 Å². The fraction of sp³-hybridized carbons (Fsp3) is 0.188. The number of rotatable bonds is 12. The van der Waals surface area contributed by atoms with Crippen molar-refractivity contribution >= 4 is 27.6 Å². The average Bonchev–Trinajstić information content (AvgIpc) is 3.00. The molecule has 4 aromatic carbocycles. The van der Waals surface area contributed by atoms with Crippen molar-refractivity contribution in [3.05, 3.63) is 131 Å². The van der Waals surface area contributed by atoms with Gasteiger partial charge in [-0.05, 0) is 54.3 Å². The Balaban J connectivity index is 1.56. The van der Waals surface area contributed by atoms with Crippen LogP contribution in [-0.2, 0) is 38.6 Å². The van der Waals surface area contributed by atoms with Gasteiger partial charge in [0.2, 0.25) is 10.0 Å². The van der Waals surface area contributed by atoms with Crippen molar-refractivity contribution in [1.29, 1.82) is 0 Å². The van der Waals surface area contributed by atoms with E-state index in [1.54, 1.807) is 60.7 Å². The van der Waals surface area contributed by atoms with Gasteiger partial charge < -0.3 is 15.8 Å². The monoisotopic (exact) mass is 625 g/mol. The molecule has 44 heavy (non-hydrogen) atoms. The third kappa shape index (κ3) is 8.91. The predicted octanol–water partition coefficient (Wildman–Crippen LogP) is 4.76. The largest absolute Gasteiger partial charge is 0.462 e. The first-order valence-corrected chi connectivity index (χ1v) is 15.0. The van der Waals surface area contributed by atoms with Crippen LogP contribution in [-0.4, -0.2) is 39.0 Å². The van der Waals surface area contributed by atoms with Gasteiger partial charge in [-0.25, -0.2) is 8.42 Å². The molecule has 12 heteroatoms. The Hall–Kier alpha value is -4.68. The number of nitrogens with one attached hydrogen (secondary N) is 2. The molecule has 0 radical (unpaired) electrons. The van der Waals surface area contributed by atoms with E-state index in [1.807, 2.05) is 30.3 Å². The molecule has 0 saturated carbocycles. The van der Waals surface area contributed by atoms with E-state index in [4.69, 9.17) is 10.5 Å². The summed E-state index contributed by atoms with van der Waals surface area (Å²) in [4.78, 5) is 25.6. The maximum atomic E-state index is 13.4. The van der Waals surface area contributed by atoms with Gasteiger partial charge in [0.05, 0.1) is 16.5 Å². The van der Waals surface area contributed by atoms with Crippen LogP contribution in [0.25, 0.3) is 0 Å². The highest BCUT2D eigenvalue weighted by Gasteiger charge is 2.35. The fourth-order valence-electron chi connectivity index (χ4n) is 4.42. The zero-order chi connectivity index (χ0) is 31.7. The zero-order valence-electron chi connectivity index (χ0n) is 23.3. The summed E-state index contributed by atoms with van der Waals surface area (Å²) < 4.78 is 74.5. The van der Waals surface area contributed by atoms with Gasteiger partial charge in [-0.2, -0.15) is 17.9 Å². The number of anilines is 1. The molecule has 0 fully saturated rings. The van der Waals surface area contributed by atoms with Gasteiger partial charge in [0.15, 0.2) is 0 Å². The number of nitrogen functional groups attached to an aromatic ring is 1. The normalized spacial score (nSPS) is 13.1. The van der Waals surface area contributed by atoms with Crippen LogP contribution in [0.3, 0.4) is 0 Å². The lowest BCUT2D eigenvalue weighted by molar-refractivity contribution is -0.146. The molecule has 0 unspecified atom stereocenters. The van der Waals surface area contributed by atoms with Gasteiger partial charge >= 0.3 is 12.1 Å². The van der Waals surface area contributed by atoms with Gasteiger partial charge in [-0.15, -0.1) is 0 Å². The number of esters is 1. The standard InChI is InChI=1S/C32H30F3N3O5S/c33-32(34,35)27-20-26(16-17-28(27)36)44(41,42)38-29(19-23-12-6-2-7-13-23)31(40)43-21-25(18-22-10-4-1-5-11-22)37-30(39)24-14-8-3-9-15-24/h1-17,20,25,29,38H,18-19,21,36H2,(H,37,39)/t25-,29+/m1/s1. The fourth-order valence-corrected chi connectivity index (χ4v) is 5.63. The van der Waals surface area contributed by atoms with Crippen LogP contribution in [0.2, 0.25) is 0 Å². The number of hydrogen-bond acceptors (Lipinski definition) is 6. The topological polar surface area (TPSA) is 128 Å². The number of benzene rings is 4. The van der Waals surface area contributed by atoms with E-state index in [0.29, 0.717) is 23.6 Å². The lowest BCUT2D eigenvalue weighted by Gasteiger charge is -2.22. The molecular weight excluding hydrogens is 595 g/mol. The molecule has 8 nitrogen and oxygen atoms in total. The molecule has 0 heterocycles. The van der Waals surface area contributed by atoms with Crippen LogP contribution in [0.5, 0.6) is 0 Å². The number of carbonyl (C=O) groups excluding carboxylic acids is 2. The molecule has 0 aromatic heterocycles. The second kappa shape index (κ2) is 14.2. The second-order valence-corrected chi connectivity index (χ2v) is 11.7. The van der Waals surface area contributed by atoms with Crippen molar-refractivity contribution in [3.8, 4) is 0 Å². The van der Waals surface area contributed by atoms with Crippen molar-refractivity contribution in [2.75, 3.05) is 12.3 Å². The van der Waals surface area contributed by atoms with E-state index in [9.17, 15) is 31.2 Å². The molecule has 4 rings (SSSR count). The van der Waals surface area contributed by atoms with Crippen molar-refractivity contribution < 1.29 is 35.9 Å². The molecule has 0 bridgehead atoms. The van der Waals surface area contributed by atoms with E-state index < -0.39 is 56.3 Å². The van der Waals surface area contributed by atoms with E-state index in [1.165, 1.54) is 0 Å². The Morgan fingerprint density at radius 2 is 1.34 bits per heavy atom. The van der Waals surface area contributed by atoms with Crippen molar-refractivity contribution in [1.82, 2.24) is 10.0 Å². The number of amides is 1.